The second-order valence-electron chi connectivity index (χ2n) is 1.61. The van der Waals surface area contributed by atoms with E-state index < -0.39 is 11.0 Å². The molecule has 0 radical (unpaired) electrons. The molecular weight excluding hydrogens is 156 g/mol. The molecule has 10 heavy (non-hydrogen) atoms. The molecule has 0 fully saturated rings. The molecule has 0 bridgehead atoms. The van der Waals surface area contributed by atoms with Gasteiger partial charge in [-0.25, -0.2) is 4.79 Å². The fraction of sp³-hybridized carbons (Fsp3) is 0.333. The minimum absolute atomic E-state index is 0.169. The minimum Gasteiger partial charge on any atom is -0.477 e. The molecule has 0 spiro atoms. The van der Waals surface area contributed by atoms with E-state index in [4.69, 9.17) is 10.8 Å². The smallest absolute Gasteiger partial charge is 0.367 e. The molecule has 0 aromatic rings. The highest BCUT2D eigenvalue weighted by Gasteiger charge is 2.37. The van der Waals surface area contributed by atoms with Crippen LogP contribution in [0.25, 0.3) is 0 Å². The summed E-state index contributed by atoms with van der Waals surface area (Å²) in [5.74, 6) is -1.46. The molecule has 1 aliphatic rings. The Bertz CT molecular complexity index is 237. The molecule has 1 rings (SSSR count). The summed E-state index contributed by atoms with van der Waals surface area (Å²) in [5.41, 5.74) is 5.03. The van der Waals surface area contributed by atoms with Crippen LogP contribution in [0.2, 0.25) is 0 Å². The lowest BCUT2D eigenvalue weighted by molar-refractivity contribution is -0.139. The summed E-state index contributed by atoms with van der Waals surface area (Å²) in [7, 11) is 0. The van der Waals surface area contributed by atoms with Crippen molar-refractivity contribution >= 4 is 24.6 Å². The van der Waals surface area contributed by atoms with Gasteiger partial charge in [0.1, 0.15) is 0 Å². The summed E-state index contributed by atoms with van der Waals surface area (Å²) >= 11 is 3.61. The number of rotatable bonds is 1. The highest BCUT2D eigenvalue weighted by atomic mass is 32.1. The first-order chi connectivity index (χ1) is 4.54. The summed E-state index contributed by atoms with van der Waals surface area (Å²) in [6, 6.07) is 0. The molecule has 0 saturated carbocycles. The number of nitrogens with zero attached hydrogens (tertiary/aromatic N) is 3. The molecule has 1 heterocycles. The van der Waals surface area contributed by atoms with Gasteiger partial charge in [0.15, 0.2) is 0 Å². The van der Waals surface area contributed by atoms with Gasteiger partial charge in [-0.05, 0) is 0 Å². The van der Waals surface area contributed by atoms with Gasteiger partial charge in [0, 0.05) is 0 Å². The van der Waals surface area contributed by atoms with Gasteiger partial charge in [0.2, 0.25) is 5.96 Å². The summed E-state index contributed by atoms with van der Waals surface area (Å²) in [5, 5.41) is 14.8. The predicted octanol–water partition coefficient (Wildman–Crippen LogP) is -0.565. The lowest BCUT2D eigenvalue weighted by Gasteiger charge is -2.04. The van der Waals surface area contributed by atoms with Crippen LogP contribution in [0.15, 0.2) is 15.2 Å². The lowest BCUT2D eigenvalue weighted by atomic mass is 10.5. The predicted molar refractivity (Wildman–Crippen MR) is 35.8 cm³/mol. The number of hydrogen-bond acceptors (Lipinski definition) is 6. The molecule has 0 saturated heterocycles. The molecule has 54 valence electrons. The van der Waals surface area contributed by atoms with E-state index >= 15 is 0 Å². The second-order valence-corrected chi connectivity index (χ2v) is 2.23. The quantitative estimate of drug-likeness (QED) is 0.448. The largest absolute Gasteiger partial charge is 0.477 e. The van der Waals surface area contributed by atoms with Gasteiger partial charge >= 0.3 is 11.0 Å². The number of azo groups is 1. The van der Waals surface area contributed by atoms with Crippen LogP contribution in [0.4, 0.5) is 0 Å². The Morgan fingerprint density at radius 1 is 1.80 bits per heavy atom. The third-order valence-electron chi connectivity index (χ3n) is 0.849. The summed E-state index contributed by atoms with van der Waals surface area (Å²) in [4.78, 5) is 11.8. The van der Waals surface area contributed by atoms with Gasteiger partial charge in [-0.3, -0.25) is 0 Å². The number of guanidine groups is 1. The van der Waals surface area contributed by atoms with Crippen LogP contribution in [0, 0.1) is 0 Å². The van der Waals surface area contributed by atoms with Gasteiger partial charge in [0.25, 0.3) is 0 Å². The normalized spacial score (nSPS) is 30.3. The van der Waals surface area contributed by atoms with E-state index in [-0.39, 0.29) is 5.96 Å². The Labute approximate surface area is 61.3 Å². The maximum atomic E-state index is 10.3. The summed E-state index contributed by atoms with van der Waals surface area (Å²) in [6.45, 7) is 0. The monoisotopic (exact) mass is 160 g/mol. The third kappa shape index (κ3) is 0.947. The number of nitrogens with two attached hydrogens (primary N) is 1. The van der Waals surface area contributed by atoms with E-state index in [1.807, 2.05) is 0 Å². The fourth-order valence-electron chi connectivity index (χ4n) is 0.416. The SMILES string of the molecule is NC1=NC(S)(C(=O)O)N=N1. The highest BCUT2D eigenvalue weighted by Crippen LogP contribution is 2.22. The van der Waals surface area contributed by atoms with Gasteiger partial charge in [-0.15, -0.1) is 22.9 Å². The van der Waals surface area contributed by atoms with Crippen molar-refractivity contribution in [3.63, 3.8) is 0 Å². The first kappa shape index (κ1) is 7.00. The zero-order valence-corrected chi connectivity index (χ0v) is 5.62. The van der Waals surface area contributed by atoms with Crippen LogP contribution < -0.4 is 5.73 Å². The van der Waals surface area contributed by atoms with Crippen molar-refractivity contribution in [2.45, 2.75) is 4.99 Å². The van der Waals surface area contributed by atoms with Crippen molar-refractivity contribution in [1.29, 1.82) is 0 Å². The van der Waals surface area contributed by atoms with Gasteiger partial charge in [0.05, 0.1) is 0 Å². The Morgan fingerprint density at radius 3 is 2.60 bits per heavy atom. The van der Waals surface area contributed by atoms with E-state index in [0.717, 1.165) is 0 Å². The van der Waals surface area contributed by atoms with Crippen LogP contribution in [-0.4, -0.2) is 22.0 Å². The highest BCUT2D eigenvalue weighted by molar-refractivity contribution is 7.82. The molecule has 1 aliphatic heterocycles. The second kappa shape index (κ2) is 1.94. The van der Waals surface area contributed by atoms with E-state index in [0.29, 0.717) is 0 Å². The molecule has 1 atom stereocenters. The molecule has 0 aromatic carbocycles. The summed E-state index contributed by atoms with van der Waals surface area (Å²) in [6.07, 6.45) is 0. The Hall–Kier alpha value is -1.11. The van der Waals surface area contributed by atoms with Crippen molar-refractivity contribution in [3.05, 3.63) is 0 Å². The van der Waals surface area contributed by atoms with Crippen LogP contribution >= 0.6 is 12.6 Å². The molecular formula is C3H4N4O2S. The molecule has 0 aromatic heterocycles. The maximum Gasteiger partial charge on any atom is 0.367 e. The van der Waals surface area contributed by atoms with E-state index in [1.54, 1.807) is 0 Å². The van der Waals surface area contributed by atoms with Crippen molar-refractivity contribution < 1.29 is 9.90 Å². The topological polar surface area (TPSA) is 100 Å². The number of aliphatic imine (C=N–C) groups is 1. The Morgan fingerprint density at radius 2 is 2.40 bits per heavy atom. The zero-order chi connectivity index (χ0) is 7.78. The molecule has 7 heteroatoms. The van der Waals surface area contributed by atoms with Crippen LogP contribution in [0.1, 0.15) is 0 Å². The maximum absolute atomic E-state index is 10.3. The number of carboxylic acids is 1. The average Bonchev–Trinajstić information content (AvgIpc) is 2.13. The average molecular weight is 160 g/mol. The first-order valence-electron chi connectivity index (χ1n) is 2.28. The molecule has 3 N–H and O–H groups in total. The molecule has 1 unspecified atom stereocenters. The van der Waals surface area contributed by atoms with Crippen LogP contribution in [-0.2, 0) is 4.79 Å². The number of carboxylic acid groups (broad SMARTS) is 1. The first-order valence-corrected chi connectivity index (χ1v) is 2.73. The van der Waals surface area contributed by atoms with E-state index in [1.165, 1.54) is 0 Å². The van der Waals surface area contributed by atoms with Crippen molar-refractivity contribution in [3.8, 4) is 0 Å². The van der Waals surface area contributed by atoms with Gasteiger partial charge < -0.3 is 10.8 Å². The van der Waals surface area contributed by atoms with Crippen molar-refractivity contribution in [2.75, 3.05) is 0 Å². The molecule has 0 amide bonds. The fourth-order valence-corrected chi connectivity index (χ4v) is 0.563. The Kier molecular flexibility index (Phi) is 1.36. The van der Waals surface area contributed by atoms with Gasteiger partial charge in [-0.1, -0.05) is 0 Å². The summed E-state index contributed by atoms with van der Waals surface area (Å²) < 4.78 is 0. The minimum atomic E-state index is -1.80. The van der Waals surface area contributed by atoms with Crippen molar-refractivity contribution in [1.82, 2.24) is 0 Å². The third-order valence-corrected chi connectivity index (χ3v) is 1.23. The van der Waals surface area contributed by atoms with E-state index in [2.05, 4.69) is 27.8 Å². The van der Waals surface area contributed by atoms with Crippen LogP contribution in [0.5, 0.6) is 0 Å². The standard InChI is InChI=1S/C3H4N4O2S/c4-2-5-3(10,1(8)9)7-6-2/h10H,(H2,4,5)(H,8,9). The zero-order valence-electron chi connectivity index (χ0n) is 4.72. The van der Waals surface area contributed by atoms with Gasteiger partial charge in [-0.2, -0.15) is 4.99 Å². The molecule has 6 nitrogen and oxygen atoms in total. The Balaban J connectivity index is 2.95. The number of carbonyl (C=O) groups is 1. The number of aliphatic carboxylic acids is 1. The van der Waals surface area contributed by atoms with Crippen LogP contribution in [0.3, 0.4) is 0 Å². The lowest BCUT2D eigenvalue weighted by Crippen LogP contribution is -2.26. The number of thiol groups is 1. The van der Waals surface area contributed by atoms with E-state index in [9.17, 15) is 4.79 Å². The van der Waals surface area contributed by atoms with Crippen molar-refractivity contribution in [2.24, 2.45) is 21.0 Å². The molecule has 0 aliphatic carbocycles. The number of hydrogen-bond donors (Lipinski definition) is 3.